The molecule has 19 heavy (non-hydrogen) atoms. The first-order valence-electron chi connectivity index (χ1n) is 5.76. The first-order chi connectivity index (χ1) is 9.13. The summed E-state index contributed by atoms with van der Waals surface area (Å²) >= 11 is 0. The SMILES string of the molecule is O=S1(=O)Cc2ccccc2C(=NO)c2ccccc21. The van der Waals surface area contributed by atoms with Crippen LogP contribution in [0.4, 0.5) is 0 Å². The van der Waals surface area contributed by atoms with Crippen LogP contribution in [0.15, 0.2) is 58.6 Å². The number of hydrogen-bond donors (Lipinski definition) is 1. The molecule has 1 N–H and O–H groups in total. The maximum atomic E-state index is 12.4. The van der Waals surface area contributed by atoms with E-state index in [0.29, 0.717) is 22.4 Å². The lowest BCUT2D eigenvalue weighted by atomic mass is 9.98. The van der Waals surface area contributed by atoms with E-state index in [-0.39, 0.29) is 10.6 Å². The fourth-order valence-corrected chi connectivity index (χ4v) is 3.95. The second-order valence-electron chi connectivity index (χ2n) is 4.36. The summed E-state index contributed by atoms with van der Waals surface area (Å²) in [5, 5.41) is 12.6. The lowest BCUT2D eigenvalue weighted by Gasteiger charge is -2.06. The Kier molecular flexibility index (Phi) is 2.64. The Morgan fingerprint density at radius 2 is 1.58 bits per heavy atom. The zero-order valence-corrected chi connectivity index (χ0v) is 10.8. The highest BCUT2D eigenvalue weighted by molar-refractivity contribution is 7.90. The smallest absolute Gasteiger partial charge is 0.183 e. The maximum absolute atomic E-state index is 12.4. The molecular formula is C14H11NO3S. The molecule has 0 unspecified atom stereocenters. The van der Waals surface area contributed by atoms with Gasteiger partial charge in [-0.25, -0.2) is 8.42 Å². The summed E-state index contributed by atoms with van der Waals surface area (Å²) in [5.41, 5.74) is 2.03. The van der Waals surface area contributed by atoms with Crippen molar-refractivity contribution in [1.29, 1.82) is 0 Å². The second kappa shape index (κ2) is 4.20. The van der Waals surface area contributed by atoms with E-state index < -0.39 is 9.84 Å². The van der Waals surface area contributed by atoms with Gasteiger partial charge in [0, 0.05) is 11.1 Å². The van der Waals surface area contributed by atoms with Crippen LogP contribution in [-0.2, 0) is 15.6 Å². The number of fused-ring (bicyclic) bond motifs is 2. The molecule has 1 aliphatic heterocycles. The molecule has 0 spiro atoms. The zero-order valence-electron chi connectivity index (χ0n) is 9.95. The molecule has 5 heteroatoms. The lowest BCUT2D eigenvalue weighted by Crippen LogP contribution is -2.07. The minimum absolute atomic E-state index is 0.0841. The summed E-state index contributed by atoms with van der Waals surface area (Å²) in [6.45, 7) is 0. The Hall–Kier alpha value is -2.14. The molecule has 0 saturated carbocycles. The van der Waals surface area contributed by atoms with Crippen molar-refractivity contribution in [3.05, 3.63) is 65.2 Å². The van der Waals surface area contributed by atoms with Crippen LogP contribution < -0.4 is 0 Å². The van der Waals surface area contributed by atoms with Gasteiger partial charge in [-0.2, -0.15) is 0 Å². The van der Waals surface area contributed by atoms with E-state index in [4.69, 9.17) is 0 Å². The van der Waals surface area contributed by atoms with E-state index in [2.05, 4.69) is 5.16 Å². The standard InChI is InChI=1S/C14H11NO3S/c16-15-14-11-6-2-1-5-10(11)9-19(17,18)13-8-4-3-7-12(13)14/h1-8,16H,9H2. The highest BCUT2D eigenvalue weighted by Gasteiger charge is 2.28. The highest BCUT2D eigenvalue weighted by atomic mass is 32.2. The van der Waals surface area contributed by atoms with Crippen molar-refractivity contribution in [2.45, 2.75) is 10.6 Å². The van der Waals surface area contributed by atoms with Crippen LogP contribution in [0.3, 0.4) is 0 Å². The average Bonchev–Trinajstić information content (AvgIpc) is 2.50. The number of hydrogen-bond acceptors (Lipinski definition) is 4. The molecular weight excluding hydrogens is 262 g/mol. The van der Waals surface area contributed by atoms with Crippen LogP contribution in [0.5, 0.6) is 0 Å². The van der Waals surface area contributed by atoms with Crippen molar-refractivity contribution in [2.75, 3.05) is 0 Å². The lowest BCUT2D eigenvalue weighted by molar-refractivity contribution is 0.319. The number of rotatable bonds is 0. The van der Waals surface area contributed by atoms with Gasteiger partial charge in [0.2, 0.25) is 0 Å². The summed E-state index contributed by atoms with van der Waals surface area (Å²) in [6, 6.07) is 13.7. The molecule has 96 valence electrons. The molecule has 0 aromatic heterocycles. The topological polar surface area (TPSA) is 66.7 Å². The van der Waals surface area contributed by atoms with Gasteiger partial charge in [0.1, 0.15) is 5.71 Å². The van der Waals surface area contributed by atoms with Crippen LogP contribution in [-0.4, -0.2) is 19.3 Å². The molecule has 4 nitrogen and oxygen atoms in total. The molecule has 2 aromatic carbocycles. The molecule has 2 aromatic rings. The van der Waals surface area contributed by atoms with Crippen molar-refractivity contribution >= 4 is 15.5 Å². The molecule has 0 amide bonds. The van der Waals surface area contributed by atoms with Crippen LogP contribution in [0.2, 0.25) is 0 Å². The Labute approximate surface area is 110 Å². The van der Waals surface area contributed by atoms with Crippen molar-refractivity contribution < 1.29 is 13.6 Å². The van der Waals surface area contributed by atoms with Crippen molar-refractivity contribution in [3.8, 4) is 0 Å². The summed E-state index contributed by atoms with van der Waals surface area (Å²) in [7, 11) is -3.43. The monoisotopic (exact) mass is 273 g/mol. The fraction of sp³-hybridized carbons (Fsp3) is 0.0714. The predicted molar refractivity (Wildman–Crippen MR) is 71.2 cm³/mol. The average molecular weight is 273 g/mol. The third-order valence-electron chi connectivity index (χ3n) is 3.20. The normalized spacial score (nSPS) is 18.4. The molecule has 0 saturated heterocycles. The van der Waals surface area contributed by atoms with Gasteiger partial charge in [0.15, 0.2) is 9.84 Å². The second-order valence-corrected chi connectivity index (χ2v) is 6.32. The van der Waals surface area contributed by atoms with E-state index in [1.54, 1.807) is 48.5 Å². The highest BCUT2D eigenvalue weighted by Crippen LogP contribution is 2.29. The number of benzene rings is 2. The van der Waals surface area contributed by atoms with E-state index in [1.807, 2.05) is 0 Å². The number of sulfone groups is 1. The summed E-state index contributed by atoms with van der Waals surface area (Å²) < 4.78 is 24.8. The molecule has 0 radical (unpaired) electrons. The van der Waals surface area contributed by atoms with E-state index in [9.17, 15) is 13.6 Å². The Morgan fingerprint density at radius 3 is 2.32 bits per heavy atom. The van der Waals surface area contributed by atoms with E-state index in [1.165, 1.54) is 0 Å². The molecule has 0 bridgehead atoms. The first-order valence-corrected chi connectivity index (χ1v) is 7.41. The Bertz CT molecular complexity index is 779. The van der Waals surface area contributed by atoms with Crippen LogP contribution in [0, 0.1) is 0 Å². The van der Waals surface area contributed by atoms with E-state index in [0.717, 1.165) is 0 Å². The predicted octanol–water partition coefficient (Wildman–Crippen LogP) is 2.20. The summed E-state index contributed by atoms with van der Waals surface area (Å²) in [6.07, 6.45) is 0. The summed E-state index contributed by atoms with van der Waals surface area (Å²) in [5.74, 6) is -0.0841. The molecule has 1 heterocycles. The van der Waals surface area contributed by atoms with E-state index >= 15 is 0 Å². The molecule has 0 atom stereocenters. The number of oxime groups is 1. The van der Waals surface area contributed by atoms with Crippen molar-refractivity contribution in [3.63, 3.8) is 0 Å². The fourth-order valence-electron chi connectivity index (χ4n) is 2.35. The van der Waals surface area contributed by atoms with Gasteiger partial charge >= 0.3 is 0 Å². The van der Waals surface area contributed by atoms with Gasteiger partial charge in [-0.15, -0.1) is 0 Å². The summed E-state index contributed by atoms with van der Waals surface area (Å²) in [4.78, 5) is 0.207. The van der Waals surface area contributed by atoms with Gasteiger partial charge in [-0.05, 0) is 11.6 Å². The van der Waals surface area contributed by atoms with Crippen LogP contribution in [0.1, 0.15) is 16.7 Å². The quantitative estimate of drug-likeness (QED) is 0.591. The molecule has 0 aliphatic carbocycles. The van der Waals surface area contributed by atoms with Gasteiger partial charge < -0.3 is 5.21 Å². The van der Waals surface area contributed by atoms with Gasteiger partial charge in [0.05, 0.1) is 10.6 Å². The zero-order chi connectivity index (χ0) is 13.5. The van der Waals surface area contributed by atoms with Gasteiger partial charge in [-0.3, -0.25) is 0 Å². The van der Waals surface area contributed by atoms with Gasteiger partial charge in [-0.1, -0.05) is 47.6 Å². The molecule has 3 rings (SSSR count). The van der Waals surface area contributed by atoms with Crippen molar-refractivity contribution in [1.82, 2.24) is 0 Å². The van der Waals surface area contributed by atoms with Crippen molar-refractivity contribution in [2.24, 2.45) is 5.16 Å². The number of nitrogens with zero attached hydrogens (tertiary/aromatic N) is 1. The molecule has 1 aliphatic rings. The third kappa shape index (κ3) is 1.82. The van der Waals surface area contributed by atoms with Crippen LogP contribution in [0.25, 0.3) is 0 Å². The third-order valence-corrected chi connectivity index (χ3v) is 4.91. The molecule has 0 fully saturated rings. The first kappa shape index (κ1) is 11.9. The Morgan fingerprint density at radius 1 is 0.947 bits per heavy atom. The van der Waals surface area contributed by atoms with Crippen LogP contribution >= 0.6 is 0 Å². The minimum atomic E-state index is -3.43. The minimum Gasteiger partial charge on any atom is -0.410 e. The maximum Gasteiger partial charge on any atom is 0.183 e. The Balaban J connectivity index is 2.43. The largest absolute Gasteiger partial charge is 0.410 e. The van der Waals surface area contributed by atoms with Gasteiger partial charge in [0.25, 0.3) is 0 Å².